The summed E-state index contributed by atoms with van der Waals surface area (Å²) in [4.78, 5) is 22.1. The van der Waals surface area contributed by atoms with E-state index in [9.17, 15) is 9.59 Å². The van der Waals surface area contributed by atoms with Crippen LogP contribution in [0.4, 0.5) is 5.82 Å². The molecule has 7 heteroatoms. The molecule has 0 aliphatic heterocycles. The van der Waals surface area contributed by atoms with Crippen molar-refractivity contribution in [3.63, 3.8) is 0 Å². The highest BCUT2D eigenvalue weighted by molar-refractivity contribution is 5.91. The smallest absolute Gasteiger partial charge is 0.271 e. The number of nitrogens with one attached hydrogen (secondary N) is 3. The Bertz CT molecular complexity index is 376. The Labute approximate surface area is 92.6 Å². The summed E-state index contributed by atoms with van der Waals surface area (Å²) in [6.07, 6.45) is 0. The zero-order valence-corrected chi connectivity index (χ0v) is 9.07. The Balaban J connectivity index is 2.58. The number of hydrogen-bond acceptors (Lipinski definition) is 5. The molecule has 2 amide bonds. The minimum absolute atomic E-state index is 0.116. The third-order valence-corrected chi connectivity index (χ3v) is 1.83. The van der Waals surface area contributed by atoms with Crippen LogP contribution in [0.5, 0.6) is 0 Å². The van der Waals surface area contributed by atoms with E-state index in [0.717, 1.165) is 0 Å². The molecule has 0 aliphatic rings. The first-order chi connectivity index (χ1) is 7.67. The maximum absolute atomic E-state index is 11.1. The van der Waals surface area contributed by atoms with E-state index in [1.165, 1.54) is 13.1 Å². The predicted octanol–water partition coefficient (Wildman–Crippen LogP) is -1.01. The number of hydrogen-bond donors (Lipinski definition) is 3. The van der Waals surface area contributed by atoms with Crippen LogP contribution < -0.4 is 16.0 Å². The molecule has 0 radical (unpaired) electrons. The largest absolute Gasteiger partial charge is 0.360 e. The lowest BCUT2D eigenvalue weighted by Gasteiger charge is -2.04. The van der Waals surface area contributed by atoms with Crippen LogP contribution in [0.2, 0.25) is 0 Å². The highest BCUT2D eigenvalue weighted by Crippen LogP contribution is 2.00. The number of likely N-dealkylation sites (N-methyl/N-ethyl adjacent to an activating group) is 1. The Morgan fingerprint density at radius 1 is 1.19 bits per heavy atom. The van der Waals surface area contributed by atoms with Gasteiger partial charge in [0.2, 0.25) is 5.91 Å². The summed E-state index contributed by atoms with van der Waals surface area (Å²) in [5.74, 6) is -0.0150. The SMILES string of the molecule is CNC(=O)CNc1ccc(C(=O)NC)nn1. The van der Waals surface area contributed by atoms with Gasteiger partial charge in [0, 0.05) is 14.1 Å². The average molecular weight is 223 g/mol. The van der Waals surface area contributed by atoms with Gasteiger partial charge in [-0.25, -0.2) is 0 Å². The van der Waals surface area contributed by atoms with Gasteiger partial charge in [0.1, 0.15) is 5.82 Å². The van der Waals surface area contributed by atoms with Gasteiger partial charge in [-0.2, -0.15) is 0 Å². The van der Waals surface area contributed by atoms with Gasteiger partial charge in [-0.05, 0) is 12.1 Å². The summed E-state index contributed by atoms with van der Waals surface area (Å²) in [6, 6.07) is 3.11. The van der Waals surface area contributed by atoms with E-state index in [-0.39, 0.29) is 24.1 Å². The molecule has 0 spiro atoms. The van der Waals surface area contributed by atoms with E-state index in [1.807, 2.05) is 0 Å². The van der Waals surface area contributed by atoms with E-state index >= 15 is 0 Å². The zero-order valence-electron chi connectivity index (χ0n) is 9.07. The van der Waals surface area contributed by atoms with Crippen LogP contribution >= 0.6 is 0 Å². The lowest BCUT2D eigenvalue weighted by Crippen LogP contribution is -2.26. The molecule has 86 valence electrons. The minimum atomic E-state index is -0.301. The number of amides is 2. The van der Waals surface area contributed by atoms with Crippen molar-refractivity contribution < 1.29 is 9.59 Å². The number of nitrogens with zero attached hydrogens (tertiary/aromatic N) is 2. The zero-order chi connectivity index (χ0) is 12.0. The summed E-state index contributed by atoms with van der Waals surface area (Å²) < 4.78 is 0. The van der Waals surface area contributed by atoms with E-state index in [1.54, 1.807) is 13.1 Å². The maximum atomic E-state index is 11.1. The van der Waals surface area contributed by atoms with Gasteiger partial charge in [0.25, 0.3) is 5.91 Å². The molecule has 0 atom stereocenters. The molecular formula is C9H13N5O2. The highest BCUT2D eigenvalue weighted by atomic mass is 16.2. The third-order valence-electron chi connectivity index (χ3n) is 1.83. The van der Waals surface area contributed by atoms with Crippen LogP contribution in [-0.4, -0.2) is 42.7 Å². The summed E-state index contributed by atoms with van der Waals surface area (Å²) in [5, 5.41) is 15.1. The van der Waals surface area contributed by atoms with Crippen molar-refractivity contribution in [2.24, 2.45) is 0 Å². The molecule has 0 fully saturated rings. The van der Waals surface area contributed by atoms with Gasteiger partial charge in [-0.1, -0.05) is 0 Å². The summed E-state index contributed by atoms with van der Waals surface area (Å²) in [7, 11) is 3.06. The normalized spacial score (nSPS) is 9.38. The molecule has 16 heavy (non-hydrogen) atoms. The summed E-state index contributed by atoms with van der Waals surface area (Å²) in [5.41, 5.74) is 0.230. The first-order valence-corrected chi connectivity index (χ1v) is 4.67. The fourth-order valence-corrected chi connectivity index (χ4v) is 0.935. The Morgan fingerprint density at radius 2 is 1.94 bits per heavy atom. The van der Waals surface area contributed by atoms with E-state index in [4.69, 9.17) is 0 Å². The number of anilines is 1. The van der Waals surface area contributed by atoms with Gasteiger partial charge in [0.05, 0.1) is 6.54 Å². The monoisotopic (exact) mass is 223 g/mol. The molecule has 1 heterocycles. The molecule has 7 nitrogen and oxygen atoms in total. The first kappa shape index (κ1) is 11.9. The van der Waals surface area contributed by atoms with Crippen LogP contribution in [-0.2, 0) is 4.79 Å². The molecular weight excluding hydrogens is 210 g/mol. The fraction of sp³-hybridized carbons (Fsp3) is 0.333. The number of aromatic nitrogens is 2. The third kappa shape index (κ3) is 3.19. The van der Waals surface area contributed by atoms with Gasteiger partial charge < -0.3 is 16.0 Å². The van der Waals surface area contributed by atoms with Crippen molar-refractivity contribution in [3.8, 4) is 0 Å². The van der Waals surface area contributed by atoms with Crippen molar-refractivity contribution in [3.05, 3.63) is 17.8 Å². The Morgan fingerprint density at radius 3 is 2.44 bits per heavy atom. The quantitative estimate of drug-likeness (QED) is 0.608. The van der Waals surface area contributed by atoms with Crippen LogP contribution in [0.3, 0.4) is 0 Å². The second-order valence-electron chi connectivity index (χ2n) is 2.91. The maximum Gasteiger partial charge on any atom is 0.271 e. The van der Waals surface area contributed by atoms with E-state index in [0.29, 0.717) is 5.82 Å². The molecule has 3 N–H and O–H groups in total. The fourth-order valence-electron chi connectivity index (χ4n) is 0.935. The van der Waals surface area contributed by atoms with Crippen LogP contribution in [0.1, 0.15) is 10.5 Å². The van der Waals surface area contributed by atoms with Crippen LogP contribution in [0.15, 0.2) is 12.1 Å². The van der Waals surface area contributed by atoms with Crippen molar-refractivity contribution >= 4 is 17.6 Å². The average Bonchev–Trinajstić information content (AvgIpc) is 2.35. The van der Waals surface area contributed by atoms with Gasteiger partial charge in [-0.3, -0.25) is 9.59 Å². The Hall–Kier alpha value is -2.18. The van der Waals surface area contributed by atoms with Gasteiger partial charge in [-0.15, -0.1) is 10.2 Å². The molecule has 0 saturated heterocycles. The Kier molecular flexibility index (Phi) is 4.19. The van der Waals surface area contributed by atoms with E-state index < -0.39 is 0 Å². The van der Waals surface area contributed by atoms with Crippen LogP contribution in [0.25, 0.3) is 0 Å². The lowest BCUT2D eigenvalue weighted by atomic mass is 10.3. The molecule has 1 aromatic rings. The van der Waals surface area contributed by atoms with Crippen molar-refractivity contribution in [1.29, 1.82) is 0 Å². The second kappa shape index (κ2) is 5.64. The number of rotatable bonds is 4. The second-order valence-corrected chi connectivity index (χ2v) is 2.91. The summed E-state index contributed by atoms with van der Waals surface area (Å²) in [6.45, 7) is 0.116. The topological polar surface area (TPSA) is 96.0 Å². The minimum Gasteiger partial charge on any atom is -0.360 e. The summed E-state index contributed by atoms with van der Waals surface area (Å²) >= 11 is 0. The van der Waals surface area contributed by atoms with E-state index in [2.05, 4.69) is 26.1 Å². The van der Waals surface area contributed by atoms with Crippen LogP contribution in [0, 0.1) is 0 Å². The van der Waals surface area contributed by atoms with Crippen molar-refractivity contribution in [2.75, 3.05) is 26.0 Å². The van der Waals surface area contributed by atoms with Crippen molar-refractivity contribution in [1.82, 2.24) is 20.8 Å². The predicted molar refractivity (Wildman–Crippen MR) is 58.0 cm³/mol. The van der Waals surface area contributed by atoms with Gasteiger partial charge >= 0.3 is 0 Å². The standard InChI is InChI=1S/C9H13N5O2/c1-10-8(15)5-12-7-4-3-6(13-14-7)9(16)11-2/h3-4H,5H2,1-2H3,(H,10,15)(H,11,16)(H,12,14). The lowest BCUT2D eigenvalue weighted by molar-refractivity contribution is -0.118. The molecule has 0 aliphatic carbocycles. The first-order valence-electron chi connectivity index (χ1n) is 4.67. The molecule has 0 aromatic carbocycles. The number of carbonyl (C=O) groups is 2. The van der Waals surface area contributed by atoms with Crippen molar-refractivity contribution in [2.45, 2.75) is 0 Å². The molecule has 1 aromatic heterocycles. The molecule has 0 bridgehead atoms. The molecule has 0 unspecified atom stereocenters. The van der Waals surface area contributed by atoms with Gasteiger partial charge in [0.15, 0.2) is 5.69 Å². The molecule has 0 saturated carbocycles. The highest BCUT2D eigenvalue weighted by Gasteiger charge is 2.05. The molecule has 1 rings (SSSR count). The number of carbonyl (C=O) groups excluding carboxylic acids is 2.